The van der Waals surface area contributed by atoms with Gasteiger partial charge in [-0.1, -0.05) is 12.1 Å². The number of rotatable bonds is 5. The second-order valence-corrected chi connectivity index (χ2v) is 3.89. The quantitative estimate of drug-likeness (QED) is 0.633. The van der Waals surface area contributed by atoms with E-state index >= 15 is 0 Å². The average molecular weight is 257 g/mol. The van der Waals surface area contributed by atoms with Gasteiger partial charge in [-0.25, -0.2) is 0 Å². The second kappa shape index (κ2) is 5.86. The minimum absolute atomic E-state index is 0.0650. The van der Waals surface area contributed by atoms with Crippen LogP contribution in [0.25, 0.3) is 0 Å². The maximum Gasteiger partial charge on any atom is 0.142 e. The highest BCUT2D eigenvalue weighted by molar-refractivity contribution is 5.94. The summed E-state index contributed by atoms with van der Waals surface area (Å²) in [4.78, 5) is 4.07. The summed E-state index contributed by atoms with van der Waals surface area (Å²) in [7, 11) is 1.61. The number of aromatic nitrogens is 1. The number of ether oxygens (including phenoxy) is 2. The molecule has 0 aliphatic heterocycles. The average Bonchev–Trinajstić information content (AvgIpc) is 2.45. The number of nitrogen functional groups attached to an aromatic ring is 1. The van der Waals surface area contributed by atoms with E-state index in [0.29, 0.717) is 18.1 Å². The molecule has 0 aliphatic rings. The maximum absolute atomic E-state index is 7.46. The Morgan fingerprint density at radius 3 is 2.79 bits per heavy atom. The van der Waals surface area contributed by atoms with Crippen LogP contribution < -0.4 is 15.2 Å². The molecule has 0 bridgehead atoms. The number of methoxy groups -OCH3 is 1. The highest BCUT2D eigenvalue weighted by Crippen LogP contribution is 2.20. The van der Waals surface area contributed by atoms with Crippen molar-refractivity contribution >= 4 is 5.84 Å². The molecule has 3 N–H and O–H groups in total. The highest BCUT2D eigenvalue weighted by atomic mass is 16.5. The molecule has 1 aromatic heterocycles. The van der Waals surface area contributed by atoms with Gasteiger partial charge in [-0.2, -0.15) is 0 Å². The Bertz CT molecular complexity index is 584. The fourth-order valence-electron chi connectivity index (χ4n) is 1.65. The summed E-state index contributed by atoms with van der Waals surface area (Å²) in [6.45, 7) is 0.302. The van der Waals surface area contributed by atoms with Crippen LogP contribution in [-0.4, -0.2) is 17.9 Å². The predicted octanol–water partition coefficient (Wildman–Crippen LogP) is 1.95. The van der Waals surface area contributed by atoms with E-state index in [1.165, 1.54) is 0 Å². The Morgan fingerprint density at radius 1 is 1.26 bits per heavy atom. The summed E-state index contributed by atoms with van der Waals surface area (Å²) in [5.74, 6) is 1.36. The van der Waals surface area contributed by atoms with E-state index in [-0.39, 0.29) is 5.84 Å². The molecule has 0 amide bonds. The molecule has 0 spiro atoms. The van der Waals surface area contributed by atoms with Gasteiger partial charge in [0.05, 0.1) is 7.11 Å². The van der Waals surface area contributed by atoms with Crippen molar-refractivity contribution < 1.29 is 9.47 Å². The van der Waals surface area contributed by atoms with Gasteiger partial charge in [0.25, 0.3) is 0 Å². The van der Waals surface area contributed by atoms with Crippen molar-refractivity contribution in [3.05, 3.63) is 53.9 Å². The van der Waals surface area contributed by atoms with Crippen molar-refractivity contribution in [2.45, 2.75) is 6.61 Å². The first-order valence-electron chi connectivity index (χ1n) is 5.76. The molecule has 0 aliphatic carbocycles. The van der Waals surface area contributed by atoms with Gasteiger partial charge in [0.1, 0.15) is 29.6 Å². The molecule has 0 atom stereocenters. The normalized spacial score (nSPS) is 9.95. The van der Waals surface area contributed by atoms with Crippen LogP contribution in [0.3, 0.4) is 0 Å². The number of nitrogens with one attached hydrogen (secondary N) is 1. The Kier molecular flexibility index (Phi) is 3.97. The van der Waals surface area contributed by atoms with E-state index in [4.69, 9.17) is 20.6 Å². The van der Waals surface area contributed by atoms with Gasteiger partial charge in [-0.05, 0) is 18.2 Å². The van der Waals surface area contributed by atoms with Crippen LogP contribution in [0, 0.1) is 5.41 Å². The Balaban J connectivity index is 2.12. The first-order valence-corrected chi connectivity index (χ1v) is 5.76. The van der Waals surface area contributed by atoms with E-state index in [9.17, 15) is 0 Å². The van der Waals surface area contributed by atoms with Crippen molar-refractivity contribution in [3.8, 4) is 11.5 Å². The molecule has 1 aromatic carbocycles. The number of nitrogens with zero attached hydrogens (tertiary/aromatic N) is 1. The molecule has 0 saturated carbocycles. The Labute approximate surface area is 111 Å². The van der Waals surface area contributed by atoms with Crippen molar-refractivity contribution in [1.82, 2.24) is 4.98 Å². The van der Waals surface area contributed by atoms with Gasteiger partial charge in [-0.3, -0.25) is 10.4 Å². The first-order chi connectivity index (χ1) is 9.20. The lowest BCUT2D eigenvalue weighted by atomic mass is 10.2. The number of nitrogens with two attached hydrogens (primary N) is 1. The van der Waals surface area contributed by atoms with Crippen molar-refractivity contribution in [1.29, 1.82) is 5.41 Å². The van der Waals surface area contributed by atoms with E-state index in [1.54, 1.807) is 25.4 Å². The summed E-state index contributed by atoms with van der Waals surface area (Å²) in [6.07, 6.45) is 1.60. The van der Waals surface area contributed by atoms with Crippen molar-refractivity contribution in [3.63, 3.8) is 0 Å². The summed E-state index contributed by atoms with van der Waals surface area (Å²) < 4.78 is 10.8. The summed E-state index contributed by atoms with van der Waals surface area (Å²) in [6, 6.07) is 11.0. The zero-order valence-electron chi connectivity index (χ0n) is 10.6. The third-order valence-corrected chi connectivity index (χ3v) is 2.58. The minimum Gasteiger partial charge on any atom is -0.497 e. The first kappa shape index (κ1) is 12.9. The zero-order chi connectivity index (χ0) is 13.7. The fraction of sp³-hybridized carbons (Fsp3) is 0.143. The maximum atomic E-state index is 7.46. The van der Waals surface area contributed by atoms with Crippen LogP contribution in [0.2, 0.25) is 0 Å². The SMILES string of the molecule is COc1cccc(OCc2cccnc2C(=N)N)c1. The number of hydrogen-bond acceptors (Lipinski definition) is 4. The smallest absolute Gasteiger partial charge is 0.142 e. The summed E-state index contributed by atoms with van der Waals surface area (Å²) >= 11 is 0. The molecule has 2 aromatic rings. The van der Waals surface area contributed by atoms with Gasteiger partial charge in [0, 0.05) is 17.8 Å². The topological polar surface area (TPSA) is 81.2 Å². The van der Waals surface area contributed by atoms with Gasteiger partial charge >= 0.3 is 0 Å². The Hall–Kier alpha value is -2.56. The molecule has 5 heteroatoms. The second-order valence-electron chi connectivity index (χ2n) is 3.89. The lowest BCUT2D eigenvalue weighted by molar-refractivity contribution is 0.303. The number of hydrogen-bond donors (Lipinski definition) is 2. The molecule has 0 unspecified atom stereocenters. The largest absolute Gasteiger partial charge is 0.497 e. The Morgan fingerprint density at radius 2 is 2.05 bits per heavy atom. The molecular weight excluding hydrogens is 242 g/mol. The van der Waals surface area contributed by atoms with E-state index < -0.39 is 0 Å². The van der Waals surface area contributed by atoms with Crippen LogP contribution in [0.4, 0.5) is 0 Å². The van der Waals surface area contributed by atoms with Crippen LogP contribution >= 0.6 is 0 Å². The van der Waals surface area contributed by atoms with E-state index in [1.807, 2.05) is 24.3 Å². The van der Waals surface area contributed by atoms with Crippen LogP contribution in [0.5, 0.6) is 11.5 Å². The summed E-state index contributed by atoms with van der Waals surface area (Å²) in [5, 5.41) is 7.46. The molecule has 1 heterocycles. The molecule has 98 valence electrons. The van der Waals surface area contributed by atoms with Gasteiger partial charge in [0.2, 0.25) is 0 Å². The van der Waals surface area contributed by atoms with E-state index in [2.05, 4.69) is 4.98 Å². The van der Waals surface area contributed by atoms with Crippen LogP contribution in [0.15, 0.2) is 42.6 Å². The molecule has 0 fully saturated rings. The molecular formula is C14H15N3O2. The lowest BCUT2D eigenvalue weighted by Gasteiger charge is -2.10. The van der Waals surface area contributed by atoms with Crippen molar-refractivity contribution in [2.75, 3.05) is 7.11 Å². The third kappa shape index (κ3) is 3.22. The predicted molar refractivity (Wildman–Crippen MR) is 72.6 cm³/mol. The molecule has 2 rings (SSSR count). The molecule has 0 radical (unpaired) electrons. The zero-order valence-corrected chi connectivity index (χ0v) is 10.6. The van der Waals surface area contributed by atoms with Gasteiger partial charge < -0.3 is 15.2 Å². The van der Waals surface area contributed by atoms with Crippen LogP contribution in [-0.2, 0) is 6.61 Å². The van der Waals surface area contributed by atoms with Gasteiger partial charge in [-0.15, -0.1) is 0 Å². The van der Waals surface area contributed by atoms with Gasteiger partial charge in [0.15, 0.2) is 0 Å². The third-order valence-electron chi connectivity index (χ3n) is 2.58. The fourth-order valence-corrected chi connectivity index (χ4v) is 1.65. The molecule has 5 nitrogen and oxygen atoms in total. The number of pyridine rings is 1. The van der Waals surface area contributed by atoms with Crippen molar-refractivity contribution in [2.24, 2.45) is 5.73 Å². The minimum atomic E-state index is -0.0650. The highest BCUT2D eigenvalue weighted by Gasteiger charge is 2.07. The molecule has 19 heavy (non-hydrogen) atoms. The van der Waals surface area contributed by atoms with Crippen LogP contribution in [0.1, 0.15) is 11.3 Å². The monoisotopic (exact) mass is 257 g/mol. The number of benzene rings is 1. The molecule has 0 saturated heterocycles. The summed E-state index contributed by atoms with van der Waals surface area (Å²) in [5.41, 5.74) is 6.70. The number of amidine groups is 1. The lowest BCUT2D eigenvalue weighted by Crippen LogP contribution is -2.16. The standard InChI is InChI=1S/C14H15N3O2/c1-18-11-5-2-6-12(8-11)19-9-10-4-3-7-17-13(10)14(15)16/h2-8H,9H2,1H3,(H3,15,16). The van der Waals surface area contributed by atoms with E-state index in [0.717, 1.165) is 11.3 Å².